The Bertz CT molecular complexity index is 711. The summed E-state index contributed by atoms with van der Waals surface area (Å²) in [7, 11) is -1.52. The lowest BCUT2D eigenvalue weighted by molar-refractivity contribution is -0.171. The van der Waals surface area contributed by atoms with Gasteiger partial charge >= 0.3 is 6.18 Å². The molecule has 0 radical (unpaired) electrons. The van der Waals surface area contributed by atoms with Crippen LogP contribution in [0.5, 0.6) is 0 Å². The van der Waals surface area contributed by atoms with Crippen molar-refractivity contribution in [3.63, 3.8) is 0 Å². The number of benzene rings is 1. The Balaban J connectivity index is 2.77. The normalized spacial score (nSPS) is 13.0. The van der Waals surface area contributed by atoms with E-state index in [1.165, 1.54) is 0 Å². The number of carbonyl (C=O) groups is 1. The number of Topliss-reactive ketones (excluding diaryl/α,β-unsaturated/α-hetero) is 1. The van der Waals surface area contributed by atoms with Crippen molar-refractivity contribution in [2.24, 2.45) is 0 Å². The first kappa shape index (κ1) is 23.4. The maximum absolute atomic E-state index is 12.3. The van der Waals surface area contributed by atoms with E-state index in [1.54, 1.807) is 24.3 Å². The average Bonchev–Trinajstić information content (AvgIpc) is 2.60. The molecule has 0 saturated carbocycles. The molecule has 0 amide bonds. The molecular formula is C20H25F3O3S. The lowest BCUT2D eigenvalue weighted by Crippen LogP contribution is -2.25. The minimum atomic E-state index is -4.84. The lowest BCUT2D eigenvalue weighted by Gasteiger charge is -2.20. The Labute approximate surface area is 160 Å². The number of hydrogen-bond donors (Lipinski definition) is 1. The number of alkyl halides is 3. The molecule has 150 valence electrons. The Morgan fingerprint density at radius 3 is 2.37 bits per heavy atom. The zero-order valence-corrected chi connectivity index (χ0v) is 16.4. The molecule has 0 aromatic heterocycles. The highest BCUT2D eigenvalue weighted by molar-refractivity contribution is 7.85. The van der Waals surface area contributed by atoms with Gasteiger partial charge in [-0.1, -0.05) is 44.6 Å². The molecule has 0 aliphatic heterocycles. The van der Waals surface area contributed by atoms with Crippen molar-refractivity contribution < 1.29 is 27.3 Å². The number of halogens is 3. The molecule has 1 N–H and O–H groups in total. The highest BCUT2D eigenvalue weighted by atomic mass is 32.2. The third-order valence-corrected chi connectivity index (χ3v) is 5.35. The first-order valence-corrected chi connectivity index (χ1v) is 10.3. The maximum atomic E-state index is 12.3. The molecule has 0 aliphatic rings. The summed E-state index contributed by atoms with van der Waals surface area (Å²) in [5.74, 6) is 3.96. The van der Waals surface area contributed by atoms with Gasteiger partial charge in [0.1, 0.15) is 5.60 Å². The van der Waals surface area contributed by atoms with Gasteiger partial charge in [-0.25, -0.2) is 0 Å². The van der Waals surface area contributed by atoms with Crippen LogP contribution >= 0.6 is 0 Å². The fraction of sp³-hybridized carbons (Fsp3) is 0.550. The van der Waals surface area contributed by atoms with Gasteiger partial charge in [-0.2, -0.15) is 13.2 Å². The largest absolute Gasteiger partial charge is 0.449 e. The van der Waals surface area contributed by atoms with Crippen molar-refractivity contribution in [3.8, 4) is 11.8 Å². The van der Waals surface area contributed by atoms with Crippen molar-refractivity contribution >= 4 is 16.6 Å². The van der Waals surface area contributed by atoms with Crippen LogP contribution < -0.4 is 0 Å². The Kier molecular flexibility index (Phi) is 9.20. The number of ketones is 1. The van der Waals surface area contributed by atoms with E-state index in [2.05, 4.69) is 11.8 Å². The van der Waals surface area contributed by atoms with E-state index in [0.29, 0.717) is 23.3 Å². The van der Waals surface area contributed by atoms with Crippen molar-refractivity contribution in [2.45, 2.75) is 69.0 Å². The highest BCUT2D eigenvalue weighted by Gasteiger charge is 2.37. The summed E-state index contributed by atoms with van der Waals surface area (Å²) >= 11 is 0. The zero-order valence-electron chi connectivity index (χ0n) is 15.6. The predicted molar refractivity (Wildman–Crippen MR) is 99.7 cm³/mol. The Morgan fingerprint density at radius 1 is 1.19 bits per heavy atom. The third kappa shape index (κ3) is 8.27. The van der Waals surface area contributed by atoms with Crippen molar-refractivity contribution in [3.05, 3.63) is 29.8 Å². The molecule has 27 heavy (non-hydrogen) atoms. The van der Waals surface area contributed by atoms with Gasteiger partial charge in [-0.15, -0.1) is 0 Å². The second-order valence-electron chi connectivity index (χ2n) is 6.38. The van der Waals surface area contributed by atoms with Crippen LogP contribution in [0.15, 0.2) is 29.2 Å². The summed E-state index contributed by atoms with van der Waals surface area (Å²) < 4.78 is 48.8. The average molecular weight is 402 g/mol. The molecule has 1 aromatic carbocycles. The summed E-state index contributed by atoms with van der Waals surface area (Å²) in [6, 6.07) is 6.60. The molecule has 1 aromatic rings. The fourth-order valence-corrected chi connectivity index (χ4v) is 3.74. The van der Waals surface area contributed by atoms with Gasteiger partial charge < -0.3 is 5.11 Å². The topological polar surface area (TPSA) is 54.4 Å². The van der Waals surface area contributed by atoms with E-state index in [9.17, 15) is 27.3 Å². The standard InChI is InChI=1S/C20H25F3O3S/c1-3-11-19(25,12-4-2)13-10-16-7-5-8-17(15-16)27(26)14-6-9-18(24)20(21,22)23/h5,7-8,15,25H,3-4,6,9,11-12,14H2,1-2H3. The summed E-state index contributed by atoms with van der Waals surface area (Å²) in [5.41, 5.74) is -0.478. The van der Waals surface area contributed by atoms with Crippen LogP contribution in [0.4, 0.5) is 13.2 Å². The van der Waals surface area contributed by atoms with Crippen molar-refractivity contribution in [1.29, 1.82) is 0 Å². The molecule has 1 rings (SSSR count). The summed E-state index contributed by atoms with van der Waals surface area (Å²) in [6.07, 6.45) is -2.90. The van der Waals surface area contributed by atoms with Crippen LogP contribution in [0.3, 0.4) is 0 Å². The third-order valence-electron chi connectivity index (χ3n) is 3.91. The molecule has 1 atom stereocenters. The van der Waals surface area contributed by atoms with E-state index in [0.717, 1.165) is 12.8 Å². The Morgan fingerprint density at radius 2 is 1.81 bits per heavy atom. The molecule has 0 bridgehead atoms. The molecule has 0 aliphatic carbocycles. The second-order valence-corrected chi connectivity index (χ2v) is 7.95. The minimum absolute atomic E-state index is 0.0334. The van der Waals surface area contributed by atoms with Crippen LogP contribution in [-0.4, -0.2) is 32.6 Å². The van der Waals surface area contributed by atoms with Crippen LogP contribution in [0.25, 0.3) is 0 Å². The van der Waals surface area contributed by atoms with Gasteiger partial charge in [0.25, 0.3) is 0 Å². The molecular weight excluding hydrogens is 377 g/mol. The van der Waals surface area contributed by atoms with Gasteiger partial charge in [0.05, 0.1) is 10.8 Å². The van der Waals surface area contributed by atoms with Crippen LogP contribution in [-0.2, 0) is 15.6 Å². The van der Waals surface area contributed by atoms with Crippen LogP contribution in [0.1, 0.15) is 57.9 Å². The van der Waals surface area contributed by atoms with Gasteiger partial charge in [0.15, 0.2) is 0 Å². The van der Waals surface area contributed by atoms with E-state index < -0.39 is 34.8 Å². The van der Waals surface area contributed by atoms with Gasteiger partial charge in [-0.3, -0.25) is 9.00 Å². The lowest BCUT2D eigenvalue weighted by atomic mass is 9.93. The summed E-state index contributed by atoms with van der Waals surface area (Å²) in [4.78, 5) is 11.3. The number of aliphatic hydroxyl groups is 1. The van der Waals surface area contributed by atoms with Gasteiger partial charge in [0, 0.05) is 22.6 Å². The first-order chi connectivity index (χ1) is 12.6. The number of rotatable bonds is 9. The molecule has 0 fully saturated rings. The van der Waals surface area contributed by atoms with E-state index in [1.807, 2.05) is 13.8 Å². The first-order valence-electron chi connectivity index (χ1n) is 8.95. The summed E-state index contributed by atoms with van der Waals surface area (Å²) in [6.45, 7) is 3.94. The SMILES string of the molecule is CCCC(O)(C#Cc1cccc(S(=O)CCCC(=O)C(F)(F)F)c1)CCC. The van der Waals surface area contributed by atoms with Crippen molar-refractivity contribution in [2.75, 3.05) is 5.75 Å². The van der Waals surface area contributed by atoms with E-state index >= 15 is 0 Å². The number of hydrogen-bond acceptors (Lipinski definition) is 3. The van der Waals surface area contributed by atoms with Gasteiger partial charge in [0.2, 0.25) is 5.78 Å². The highest BCUT2D eigenvalue weighted by Crippen LogP contribution is 2.20. The smallest absolute Gasteiger partial charge is 0.378 e. The quantitative estimate of drug-likeness (QED) is 0.624. The zero-order chi connectivity index (χ0) is 20.5. The van der Waals surface area contributed by atoms with Crippen LogP contribution in [0.2, 0.25) is 0 Å². The molecule has 7 heteroatoms. The minimum Gasteiger partial charge on any atom is -0.378 e. The fourth-order valence-electron chi connectivity index (χ4n) is 2.60. The number of carbonyl (C=O) groups excluding carboxylic acids is 1. The second kappa shape index (κ2) is 10.6. The summed E-state index contributed by atoms with van der Waals surface area (Å²) in [5, 5.41) is 10.5. The molecule has 1 unspecified atom stereocenters. The van der Waals surface area contributed by atoms with Crippen LogP contribution in [0, 0.1) is 11.8 Å². The monoisotopic (exact) mass is 402 g/mol. The maximum Gasteiger partial charge on any atom is 0.449 e. The van der Waals surface area contributed by atoms with E-state index in [4.69, 9.17) is 0 Å². The van der Waals surface area contributed by atoms with E-state index in [-0.39, 0.29) is 12.2 Å². The Hall–Kier alpha value is -1.65. The van der Waals surface area contributed by atoms with Gasteiger partial charge in [-0.05, 0) is 37.5 Å². The predicted octanol–water partition coefficient (Wildman–Crippen LogP) is 4.39. The molecule has 3 nitrogen and oxygen atoms in total. The molecule has 0 saturated heterocycles. The molecule has 0 heterocycles. The van der Waals surface area contributed by atoms with Crippen molar-refractivity contribution in [1.82, 2.24) is 0 Å². The molecule has 0 spiro atoms.